The Morgan fingerprint density at radius 3 is 2.67 bits per heavy atom. The summed E-state index contributed by atoms with van der Waals surface area (Å²) in [5.41, 5.74) is 10.3. The van der Waals surface area contributed by atoms with E-state index in [9.17, 15) is 9.18 Å². The Bertz CT molecular complexity index is 1160. The number of primary amides is 1. The largest absolute Gasteiger partial charge is 0.366 e. The molecule has 0 aliphatic carbocycles. The number of aromatic nitrogens is 3. The number of halogens is 1. The summed E-state index contributed by atoms with van der Waals surface area (Å²) >= 11 is 0. The van der Waals surface area contributed by atoms with Crippen molar-refractivity contribution in [3.05, 3.63) is 78.6 Å². The Morgan fingerprint density at radius 1 is 1.04 bits per heavy atom. The number of nitrogens with zero attached hydrogens (tertiary/aromatic N) is 2. The summed E-state index contributed by atoms with van der Waals surface area (Å²) in [6.45, 7) is 0. The molecule has 4 aromatic rings. The SMILES string of the molecule is NC(=O)/C=C/c1cccc(-c2cnc3[nH]cc(-c4ccc(F)nc4)c3c2)c1. The fraction of sp³-hybridized carbons (Fsp3) is 0. The van der Waals surface area contributed by atoms with Crippen molar-refractivity contribution in [2.24, 2.45) is 5.73 Å². The molecule has 3 N–H and O–H groups in total. The molecule has 0 spiro atoms. The van der Waals surface area contributed by atoms with E-state index in [0.717, 1.165) is 38.9 Å². The summed E-state index contributed by atoms with van der Waals surface area (Å²) in [6, 6.07) is 12.8. The molecule has 0 bridgehead atoms. The number of nitrogens with two attached hydrogens (primary N) is 1. The van der Waals surface area contributed by atoms with Crippen LogP contribution < -0.4 is 5.73 Å². The highest BCUT2D eigenvalue weighted by Crippen LogP contribution is 2.31. The quantitative estimate of drug-likeness (QED) is 0.428. The van der Waals surface area contributed by atoms with Gasteiger partial charge in [0.2, 0.25) is 11.9 Å². The average Bonchev–Trinajstić information content (AvgIpc) is 3.10. The number of rotatable bonds is 4. The molecule has 0 fully saturated rings. The Balaban J connectivity index is 1.77. The average molecular weight is 358 g/mol. The lowest BCUT2D eigenvalue weighted by atomic mass is 10.0. The van der Waals surface area contributed by atoms with Gasteiger partial charge in [0, 0.05) is 46.7 Å². The van der Waals surface area contributed by atoms with Crippen molar-refractivity contribution in [1.82, 2.24) is 15.0 Å². The molecule has 27 heavy (non-hydrogen) atoms. The van der Waals surface area contributed by atoms with Crippen LogP contribution in [0.1, 0.15) is 5.56 Å². The summed E-state index contributed by atoms with van der Waals surface area (Å²) < 4.78 is 13.1. The lowest BCUT2D eigenvalue weighted by Crippen LogP contribution is -2.05. The molecule has 132 valence electrons. The van der Waals surface area contributed by atoms with Gasteiger partial charge < -0.3 is 10.7 Å². The first-order valence-corrected chi connectivity index (χ1v) is 8.27. The molecule has 3 aromatic heterocycles. The van der Waals surface area contributed by atoms with Gasteiger partial charge in [-0.25, -0.2) is 9.97 Å². The van der Waals surface area contributed by atoms with Crippen LogP contribution in [-0.2, 0) is 4.79 Å². The number of pyridine rings is 2. The topological polar surface area (TPSA) is 84.7 Å². The molecule has 0 saturated heterocycles. The van der Waals surface area contributed by atoms with Crippen molar-refractivity contribution in [2.75, 3.05) is 0 Å². The highest BCUT2D eigenvalue weighted by Gasteiger charge is 2.10. The number of amides is 1. The number of hydrogen-bond donors (Lipinski definition) is 2. The van der Waals surface area contributed by atoms with Crippen molar-refractivity contribution in [3.63, 3.8) is 0 Å². The van der Waals surface area contributed by atoms with Crippen LogP contribution in [0.25, 0.3) is 39.4 Å². The number of benzene rings is 1. The van der Waals surface area contributed by atoms with Crippen molar-refractivity contribution in [1.29, 1.82) is 0 Å². The number of carbonyl (C=O) groups is 1. The van der Waals surface area contributed by atoms with Crippen LogP contribution in [0.15, 0.2) is 67.1 Å². The van der Waals surface area contributed by atoms with E-state index < -0.39 is 11.9 Å². The highest BCUT2D eigenvalue weighted by molar-refractivity contribution is 5.96. The molecule has 5 nitrogen and oxygen atoms in total. The highest BCUT2D eigenvalue weighted by atomic mass is 19.1. The number of carbonyl (C=O) groups excluding carboxylic acids is 1. The van der Waals surface area contributed by atoms with E-state index in [1.54, 1.807) is 18.3 Å². The maximum absolute atomic E-state index is 13.1. The second-order valence-electron chi connectivity index (χ2n) is 6.05. The smallest absolute Gasteiger partial charge is 0.241 e. The molecule has 0 saturated carbocycles. The van der Waals surface area contributed by atoms with Gasteiger partial charge in [0.05, 0.1) is 0 Å². The summed E-state index contributed by atoms with van der Waals surface area (Å²) in [5, 5.41) is 0.916. The predicted octanol–water partition coefficient (Wildman–Crippen LogP) is 3.93. The van der Waals surface area contributed by atoms with E-state index in [1.807, 2.05) is 36.5 Å². The van der Waals surface area contributed by atoms with E-state index >= 15 is 0 Å². The lowest BCUT2D eigenvalue weighted by molar-refractivity contribution is -0.113. The lowest BCUT2D eigenvalue weighted by Gasteiger charge is -2.05. The zero-order valence-electron chi connectivity index (χ0n) is 14.2. The van der Waals surface area contributed by atoms with Gasteiger partial charge in [-0.2, -0.15) is 4.39 Å². The summed E-state index contributed by atoms with van der Waals surface area (Å²) in [5.74, 6) is -1.01. The second kappa shape index (κ2) is 6.84. The van der Waals surface area contributed by atoms with Crippen molar-refractivity contribution in [3.8, 4) is 22.3 Å². The van der Waals surface area contributed by atoms with E-state index in [1.165, 1.54) is 18.3 Å². The minimum absolute atomic E-state index is 0.492. The molecule has 0 unspecified atom stereocenters. The molecule has 1 amide bonds. The predicted molar refractivity (Wildman–Crippen MR) is 103 cm³/mol. The molecule has 0 atom stereocenters. The summed E-state index contributed by atoms with van der Waals surface area (Å²) in [4.78, 5) is 22.3. The fourth-order valence-electron chi connectivity index (χ4n) is 2.94. The van der Waals surface area contributed by atoms with Gasteiger partial charge in [-0.1, -0.05) is 18.2 Å². The van der Waals surface area contributed by atoms with Crippen LogP contribution in [0.4, 0.5) is 4.39 Å². The normalized spacial score (nSPS) is 11.3. The van der Waals surface area contributed by atoms with Gasteiger partial charge in [-0.3, -0.25) is 4.79 Å². The number of hydrogen-bond acceptors (Lipinski definition) is 3. The Morgan fingerprint density at radius 2 is 1.89 bits per heavy atom. The Kier molecular flexibility index (Phi) is 4.22. The zero-order valence-corrected chi connectivity index (χ0v) is 14.2. The maximum atomic E-state index is 13.1. The molecular weight excluding hydrogens is 343 g/mol. The van der Waals surface area contributed by atoms with Gasteiger partial charge in [-0.05, 0) is 41.5 Å². The third kappa shape index (κ3) is 3.46. The van der Waals surface area contributed by atoms with Crippen LogP contribution in [-0.4, -0.2) is 20.9 Å². The molecule has 4 rings (SSSR count). The van der Waals surface area contributed by atoms with Crippen molar-refractivity contribution in [2.45, 2.75) is 0 Å². The third-order valence-electron chi connectivity index (χ3n) is 4.23. The molecular formula is C21H15FN4O. The Hall–Kier alpha value is -3.80. The number of H-pyrrole nitrogens is 1. The van der Waals surface area contributed by atoms with Crippen LogP contribution in [0.5, 0.6) is 0 Å². The molecule has 3 heterocycles. The monoisotopic (exact) mass is 358 g/mol. The molecule has 6 heteroatoms. The van der Waals surface area contributed by atoms with Crippen LogP contribution in [0.3, 0.4) is 0 Å². The Labute approximate surface area is 154 Å². The van der Waals surface area contributed by atoms with Crippen LogP contribution >= 0.6 is 0 Å². The molecule has 0 aliphatic heterocycles. The van der Waals surface area contributed by atoms with E-state index in [2.05, 4.69) is 15.0 Å². The van der Waals surface area contributed by atoms with Gasteiger partial charge >= 0.3 is 0 Å². The van der Waals surface area contributed by atoms with Crippen molar-refractivity contribution >= 4 is 23.0 Å². The van der Waals surface area contributed by atoms with Crippen molar-refractivity contribution < 1.29 is 9.18 Å². The minimum Gasteiger partial charge on any atom is -0.366 e. The number of nitrogens with one attached hydrogen (secondary N) is 1. The maximum Gasteiger partial charge on any atom is 0.241 e. The molecule has 0 radical (unpaired) electrons. The van der Waals surface area contributed by atoms with Gasteiger partial charge in [0.25, 0.3) is 0 Å². The molecule has 1 aromatic carbocycles. The number of aromatic amines is 1. The first-order chi connectivity index (χ1) is 13.1. The molecule has 0 aliphatic rings. The summed E-state index contributed by atoms with van der Waals surface area (Å²) in [6.07, 6.45) is 8.11. The van der Waals surface area contributed by atoms with E-state index in [0.29, 0.717) is 0 Å². The van der Waals surface area contributed by atoms with Crippen LogP contribution in [0, 0.1) is 5.95 Å². The van der Waals surface area contributed by atoms with Crippen LogP contribution in [0.2, 0.25) is 0 Å². The van der Waals surface area contributed by atoms with E-state index in [4.69, 9.17) is 5.73 Å². The second-order valence-corrected chi connectivity index (χ2v) is 6.05. The third-order valence-corrected chi connectivity index (χ3v) is 4.23. The number of fused-ring (bicyclic) bond motifs is 1. The first-order valence-electron chi connectivity index (χ1n) is 8.27. The zero-order chi connectivity index (χ0) is 18.8. The first kappa shape index (κ1) is 16.7. The van der Waals surface area contributed by atoms with Gasteiger partial charge in [0.15, 0.2) is 0 Å². The van der Waals surface area contributed by atoms with Gasteiger partial charge in [-0.15, -0.1) is 0 Å². The standard InChI is InChI=1S/C21H15FN4O/c22-19-6-5-15(10-24-19)18-12-26-21-17(18)9-16(11-25-21)14-3-1-2-13(8-14)4-7-20(23)27/h1-12H,(H2,23,27)(H,25,26)/b7-4+. The van der Waals surface area contributed by atoms with E-state index in [-0.39, 0.29) is 0 Å². The van der Waals surface area contributed by atoms with Gasteiger partial charge in [0.1, 0.15) is 5.65 Å². The fourth-order valence-corrected chi connectivity index (χ4v) is 2.94. The summed E-state index contributed by atoms with van der Waals surface area (Å²) in [7, 11) is 0. The minimum atomic E-state index is -0.516.